The van der Waals surface area contributed by atoms with Gasteiger partial charge in [-0.2, -0.15) is 0 Å². The Kier molecular flexibility index (Phi) is 6.00. The van der Waals surface area contributed by atoms with Gasteiger partial charge in [-0.15, -0.1) is 0 Å². The molecule has 0 aromatic heterocycles. The number of aliphatic imine (C=N–C) groups is 2. The van der Waals surface area contributed by atoms with Crippen molar-refractivity contribution in [3.8, 4) is 0 Å². The lowest BCUT2D eigenvalue weighted by atomic mass is 10.2. The Balaban J connectivity index is 2.24. The molecule has 0 amide bonds. The van der Waals surface area contributed by atoms with E-state index >= 15 is 0 Å². The zero-order chi connectivity index (χ0) is 16.1. The fraction of sp³-hybridized carbons (Fsp3) is 0.125. The molecule has 2 rings (SSSR count). The predicted octanol–water partition coefficient (Wildman–Crippen LogP) is 5.73. The van der Waals surface area contributed by atoms with Crippen molar-refractivity contribution in [2.75, 3.05) is 14.1 Å². The van der Waals surface area contributed by atoms with Crippen molar-refractivity contribution in [3.05, 3.63) is 56.5 Å². The predicted molar refractivity (Wildman–Crippen MR) is 99.7 cm³/mol. The summed E-state index contributed by atoms with van der Waals surface area (Å²) in [7, 11) is 3.75. The number of halogens is 3. The summed E-state index contributed by atoms with van der Waals surface area (Å²) in [5.41, 5.74) is 2.21. The van der Waals surface area contributed by atoms with Crippen molar-refractivity contribution in [2.24, 2.45) is 9.98 Å². The molecular formula is C16H14BrCl2N3. The zero-order valence-electron chi connectivity index (χ0n) is 12.1. The molecule has 0 unspecified atom stereocenters. The molecule has 0 bridgehead atoms. The van der Waals surface area contributed by atoms with E-state index in [4.69, 9.17) is 23.2 Å². The van der Waals surface area contributed by atoms with Gasteiger partial charge in [0.05, 0.1) is 22.1 Å². The van der Waals surface area contributed by atoms with E-state index in [1.807, 2.05) is 43.3 Å². The van der Waals surface area contributed by atoms with Crippen LogP contribution in [0.15, 0.2) is 50.9 Å². The van der Waals surface area contributed by atoms with E-state index in [1.165, 1.54) is 0 Å². The van der Waals surface area contributed by atoms with Crippen molar-refractivity contribution in [3.63, 3.8) is 0 Å². The van der Waals surface area contributed by atoms with Gasteiger partial charge in [0.25, 0.3) is 0 Å². The van der Waals surface area contributed by atoms with Gasteiger partial charge in [-0.25, -0.2) is 4.99 Å². The molecule has 22 heavy (non-hydrogen) atoms. The molecule has 2 aromatic carbocycles. The van der Waals surface area contributed by atoms with Crippen molar-refractivity contribution in [1.29, 1.82) is 0 Å². The molecule has 0 aliphatic carbocycles. The third-order valence-electron chi connectivity index (χ3n) is 2.65. The molecule has 0 radical (unpaired) electrons. The van der Waals surface area contributed by atoms with Crippen LogP contribution in [-0.4, -0.2) is 31.5 Å². The molecular weight excluding hydrogens is 385 g/mol. The maximum atomic E-state index is 6.22. The highest BCUT2D eigenvalue weighted by Gasteiger charge is 2.06. The zero-order valence-corrected chi connectivity index (χ0v) is 15.2. The van der Waals surface area contributed by atoms with Gasteiger partial charge in [0.2, 0.25) is 0 Å². The number of nitrogens with zero attached hydrogens (tertiary/aromatic N) is 3. The summed E-state index contributed by atoms with van der Waals surface area (Å²) in [6.07, 6.45) is 3.41. The van der Waals surface area contributed by atoms with Crippen molar-refractivity contribution >= 4 is 63.1 Å². The van der Waals surface area contributed by atoms with Crippen LogP contribution in [-0.2, 0) is 0 Å². The fourth-order valence-electron chi connectivity index (χ4n) is 1.62. The quantitative estimate of drug-likeness (QED) is 0.477. The number of hydrogen-bond acceptors (Lipinski definition) is 2. The third-order valence-corrected chi connectivity index (χ3v) is 3.76. The molecule has 114 valence electrons. The fourth-order valence-corrected chi connectivity index (χ4v) is 2.46. The topological polar surface area (TPSA) is 28.0 Å². The molecule has 2 aromatic rings. The van der Waals surface area contributed by atoms with Crippen molar-refractivity contribution in [1.82, 2.24) is 4.90 Å². The Morgan fingerprint density at radius 3 is 2.14 bits per heavy atom. The van der Waals surface area contributed by atoms with E-state index in [1.54, 1.807) is 24.7 Å². The van der Waals surface area contributed by atoms with E-state index in [0.717, 1.165) is 10.0 Å². The molecule has 0 heterocycles. The normalized spacial score (nSPS) is 11.5. The second kappa shape index (κ2) is 7.77. The molecule has 0 saturated carbocycles. The van der Waals surface area contributed by atoms with E-state index in [0.29, 0.717) is 21.4 Å². The molecule has 0 saturated heterocycles. The van der Waals surface area contributed by atoms with E-state index in [-0.39, 0.29) is 0 Å². The van der Waals surface area contributed by atoms with Gasteiger partial charge in [-0.05, 0) is 29.8 Å². The monoisotopic (exact) mass is 397 g/mol. The minimum atomic E-state index is 0.466. The Morgan fingerprint density at radius 2 is 1.59 bits per heavy atom. The average molecular weight is 399 g/mol. The number of hydrogen-bond donors (Lipinski definition) is 0. The third kappa shape index (κ3) is 4.83. The Labute approximate surface area is 148 Å². The summed E-state index contributed by atoms with van der Waals surface area (Å²) in [5.74, 6) is 0. The van der Waals surface area contributed by atoms with Gasteiger partial charge in [0, 0.05) is 24.8 Å². The van der Waals surface area contributed by atoms with Crippen LogP contribution in [0.2, 0.25) is 10.0 Å². The lowest BCUT2D eigenvalue weighted by molar-refractivity contribution is 0.643. The van der Waals surface area contributed by atoms with Crippen LogP contribution in [0.5, 0.6) is 0 Å². The number of benzene rings is 2. The summed E-state index contributed by atoms with van der Waals surface area (Å²) in [5, 5.41) is 0.933. The molecule has 0 spiro atoms. The van der Waals surface area contributed by atoms with Crippen LogP contribution in [0.25, 0.3) is 0 Å². The first-order chi connectivity index (χ1) is 10.5. The van der Waals surface area contributed by atoms with Crippen LogP contribution in [0, 0.1) is 0 Å². The highest BCUT2D eigenvalue weighted by atomic mass is 79.9. The summed E-state index contributed by atoms with van der Waals surface area (Å²) in [6.45, 7) is 0. The Morgan fingerprint density at radius 1 is 1.00 bits per heavy atom. The second-order valence-electron chi connectivity index (χ2n) is 4.78. The minimum Gasteiger partial charge on any atom is -0.369 e. The average Bonchev–Trinajstić information content (AvgIpc) is 2.45. The highest BCUT2D eigenvalue weighted by molar-refractivity contribution is 9.10. The maximum Gasteiger partial charge on any atom is 0.102 e. The SMILES string of the molecule is CN(C)/C=N\c1c(Cl)cc(/N=C/c2ccc(Br)cc2)cc1Cl. The highest BCUT2D eigenvalue weighted by Crippen LogP contribution is 2.36. The lowest BCUT2D eigenvalue weighted by Gasteiger charge is -2.06. The van der Waals surface area contributed by atoms with Gasteiger partial charge < -0.3 is 4.90 Å². The summed E-state index contributed by atoms with van der Waals surface area (Å²) in [6, 6.07) is 11.3. The molecule has 3 nitrogen and oxygen atoms in total. The molecule has 6 heteroatoms. The minimum absolute atomic E-state index is 0.466. The summed E-state index contributed by atoms with van der Waals surface area (Å²) in [4.78, 5) is 10.5. The molecule has 0 fully saturated rings. The van der Waals surface area contributed by atoms with Gasteiger partial charge in [0.1, 0.15) is 5.69 Å². The standard InChI is InChI=1S/C16H14BrCl2N3/c1-22(2)10-21-16-14(18)7-13(8-15(16)19)20-9-11-3-5-12(17)6-4-11/h3-10H,1-2H3/b20-9+,21-10-. The first-order valence-electron chi connectivity index (χ1n) is 6.45. The summed E-state index contributed by atoms with van der Waals surface area (Å²) < 4.78 is 1.03. The van der Waals surface area contributed by atoms with Crippen LogP contribution >= 0.6 is 39.1 Å². The first kappa shape index (κ1) is 17.0. The van der Waals surface area contributed by atoms with Crippen LogP contribution < -0.4 is 0 Å². The molecule has 0 atom stereocenters. The molecule has 0 N–H and O–H groups in total. The van der Waals surface area contributed by atoms with Crippen molar-refractivity contribution in [2.45, 2.75) is 0 Å². The molecule has 0 aliphatic heterocycles. The van der Waals surface area contributed by atoms with Crippen LogP contribution in [0.4, 0.5) is 11.4 Å². The lowest BCUT2D eigenvalue weighted by Crippen LogP contribution is -2.07. The van der Waals surface area contributed by atoms with E-state index < -0.39 is 0 Å². The second-order valence-corrected chi connectivity index (χ2v) is 6.51. The van der Waals surface area contributed by atoms with Gasteiger partial charge in [-0.1, -0.05) is 51.3 Å². The smallest absolute Gasteiger partial charge is 0.102 e. The summed E-state index contributed by atoms with van der Waals surface area (Å²) >= 11 is 15.8. The van der Waals surface area contributed by atoms with Gasteiger partial charge >= 0.3 is 0 Å². The first-order valence-corrected chi connectivity index (χ1v) is 8.00. The number of rotatable bonds is 4. The van der Waals surface area contributed by atoms with Gasteiger partial charge in [0.15, 0.2) is 0 Å². The largest absolute Gasteiger partial charge is 0.369 e. The van der Waals surface area contributed by atoms with E-state index in [2.05, 4.69) is 25.9 Å². The van der Waals surface area contributed by atoms with Crippen molar-refractivity contribution < 1.29 is 0 Å². The Bertz CT molecular complexity index is 687. The van der Waals surface area contributed by atoms with Crippen LogP contribution in [0.1, 0.15) is 5.56 Å². The maximum absolute atomic E-state index is 6.22. The molecule has 0 aliphatic rings. The van der Waals surface area contributed by atoms with Crippen LogP contribution in [0.3, 0.4) is 0 Å². The van der Waals surface area contributed by atoms with Gasteiger partial charge in [-0.3, -0.25) is 4.99 Å². The van der Waals surface area contributed by atoms with E-state index in [9.17, 15) is 0 Å². The Hall–Kier alpha value is -1.36.